The maximum absolute atomic E-state index is 10.6. The van der Waals surface area contributed by atoms with Gasteiger partial charge in [-0.25, -0.2) is 0 Å². The maximum atomic E-state index is 10.6. The molecule has 0 saturated carbocycles. The lowest BCUT2D eigenvalue weighted by molar-refractivity contribution is -0.121. The largest absolute Gasteiger partial charge is 0.356 e. The Morgan fingerprint density at radius 3 is 1.47 bits per heavy atom. The quantitative estimate of drug-likeness (QED) is 0.630. The molecule has 2 saturated heterocycles. The molecule has 2 heterocycles. The molecule has 2 fully saturated rings. The molecule has 0 atom stereocenters. The summed E-state index contributed by atoms with van der Waals surface area (Å²) < 4.78 is 0. The standard InChI is InChI=1S/2C6H11NO.Mg/c2*8-6-4-2-1-3-5-7-6;/h2*1-5H2,(H,7,8);. The van der Waals surface area contributed by atoms with Crippen LogP contribution in [0.3, 0.4) is 0 Å². The minimum atomic E-state index is 0. The average Bonchev–Trinajstić information content (AvgIpc) is 2.64. The van der Waals surface area contributed by atoms with Gasteiger partial charge < -0.3 is 10.6 Å². The minimum Gasteiger partial charge on any atom is -0.356 e. The van der Waals surface area contributed by atoms with E-state index in [1.165, 1.54) is 12.8 Å². The van der Waals surface area contributed by atoms with Crippen LogP contribution < -0.4 is 10.6 Å². The van der Waals surface area contributed by atoms with E-state index in [4.69, 9.17) is 0 Å². The number of amides is 2. The van der Waals surface area contributed by atoms with Crippen LogP contribution in [0.1, 0.15) is 51.4 Å². The summed E-state index contributed by atoms with van der Waals surface area (Å²) in [6.45, 7) is 1.78. The van der Waals surface area contributed by atoms with E-state index in [9.17, 15) is 9.59 Å². The fraction of sp³-hybridized carbons (Fsp3) is 0.833. The molecule has 2 rings (SSSR count). The van der Waals surface area contributed by atoms with Gasteiger partial charge in [0.15, 0.2) is 0 Å². The molecule has 0 bridgehead atoms. The van der Waals surface area contributed by atoms with E-state index in [1.54, 1.807) is 0 Å². The molecule has 0 spiro atoms. The molecular formula is C12H22MgN2O2. The highest BCUT2D eigenvalue weighted by Gasteiger charge is 2.04. The normalized spacial score (nSPS) is 20.5. The van der Waals surface area contributed by atoms with Gasteiger partial charge in [-0.15, -0.1) is 0 Å². The summed E-state index contributed by atoms with van der Waals surface area (Å²) in [5.41, 5.74) is 0. The number of carbonyl (C=O) groups excluding carboxylic acids is 2. The highest BCUT2D eigenvalue weighted by molar-refractivity contribution is 5.76. The number of carbonyl (C=O) groups is 2. The number of hydrogen-bond acceptors (Lipinski definition) is 2. The van der Waals surface area contributed by atoms with Crippen molar-refractivity contribution in [3.05, 3.63) is 0 Å². The lowest BCUT2D eigenvalue weighted by atomic mass is 10.2. The second kappa shape index (κ2) is 10.8. The second-order valence-corrected chi connectivity index (χ2v) is 4.32. The van der Waals surface area contributed by atoms with Crippen molar-refractivity contribution in [1.82, 2.24) is 10.6 Å². The summed E-state index contributed by atoms with van der Waals surface area (Å²) in [4.78, 5) is 21.1. The Morgan fingerprint density at radius 2 is 1.06 bits per heavy atom. The summed E-state index contributed by atoms with van der Waals surface area (Å²) in [6.07, 6.45) is 8.35. The monoisotopic (exact) mass is 250 g/mol. The Morgan fingerprint density at radius 1 is 0.647 bits per heavy atom. The third-order valence-electron chi connectivity index (χ3n) is 2.81. The van der Waals surface area contributed by atoms with Gasteiger partial charge in [-0.2, -0.15) is 0 Å². The number of hydrogen-bond donors (Lipinski definition) is 2. The molecular weight excluding hydrogens is 228 g/mol. The Kier molecular flexibility index (Phi) is 10.6. The number of rotatable bonds is 0. The molecule has 2 radical (unpaired) electrons. The first-order chi connectivity index (χ1) is 7.79. The van der Waals surface area contributed by atoms with E-state index < -0.39 is 0 Å². The van der Waals surface area contributed by atoms with Crippen LogP contribution >= 0.6 is 0 Å². The van der Waals surface area contributed by atoms with Crippen LogP contribution in [0.2, 0.25) is 0 Å². The average molecular weight is 251 g/mol. The summed E-state index contributed by atoms with van der Waals surface area (Å²) in [5, 5.41) is 5.61. The fourth-order valence-corrected chi connectivity index (χ4v) is 1.81. The highest BCUT2D eigenvalue weighted by Crippen LogP contribution is 2.02. The first-order valence-electron chi connectivity index (χ1n) is 6.32. The fourth-order valence-electron chi connectivity index (χ4n) is 1.81. The predicted octanol–water partition coefficient (Wildman–Crippen LogP) is 0.972. The molecule has 17 heavy (non-hydrogen) atoms. The second-order valence-electron chi connectivity index (χ2n) is 4.32. The Balaban J connectivity index is 0.000000284. The van der Waals surface area contributed by atoms with Crippen LogP contribution in [-0.2, 0) is 9.59 Å². The molecule has 2 aliphatic heterocycles. The Labute approximate surface area is 119 Å². The van der Waals surface area contributed by atoms with Crippen molar-refractivity contribution in [2.24, 2.45) is 0 Å². The molecule has 0 aliphatic carbocycles. The summed E-state index contributed by atoms with van der Waals surface area (Å²) in [5.74, 6) is 0.449. The van der Waals surface area contributed by atoms with Crippen LogP contribution in [0.4, 0.5) is 0 Å². The number of nitrogens with one attached hydrogen (secondary N) is 2. The predicted molar refractivity (Wildman–Crippen MR) is 68.7 cm³/mol. The smallest absolute Gasteiger partial charge is 0.219 e. The summed E-state index contributed by atoms with van der Waals surface area (Å²) >= 11 is 0. The van der Waals surface area contributed by atoms with Crippen LogP contribution in [0, 0.1) is 0 Å². The van der Waals surface area contributed by atoms with Gasteiger partial charge >= 0.3 is 0 Å². The van der Waals surface area contributed by atoms with Crippen molar-refractivity contribution < 1.29 is 9.59 Å². The van der Waals surface area contributed by atoms with Crippen molar-refractivity contribution in [2.75, 3.05) is 13.1 Å². The highest BCUT2D eigenvalue weighted by atomic mass is 24.3. The van der Waals surface area contributed by atoms with Gasteiger partial charge in [0, 0.05) is 49.0 Å². The molecule has 0 unspecified atom stereocenters. The van der Waals surface area contributed by atoms with Crippen molar-refractivity contribution >= 4 is 34.9 Å². The third kappa shape index (κ3) is 9.41. The summed E-state index contributed by atoms with van der Waals surface area (Å²) in [6, 6.07) is 0. The maximum Gasteiger partial charge on any atom is 0.219 e. The van der Waals surface area contributed by atoms with Crippen molar-refractivity contribution in [3.63, 3.8) is 0 Å². The Hall–Kier alpha value is -0.294. The van der Waals surface area contributed by atoms with E-state index in [2.05, 4.69) is 10.6 Å². The molecule has 2 amide bonds. The molecule has 0 aromatic rings. The zero-order chi connectivity index (χ0) is 11.6. The van der Waals surface area contributed by atoms with Crippen molar-refractivity contribution in [1.29, 1.82) is 0 Å². The van der Waals surface area contributed by atoms with Crippen molar-refractivity contribution in [2.45, 2.75) is 51.4 Å². The van der Waals surface area contributed by atoms with Gasteiger partial charge in [0.1, 0.15) is 0 Å². The third-order valence-corrected chi connectivity index (χ3v) is 2.81. The zero-order valence-corrected chi connectivity index (χ0v) is 12.0. The van der Waals surface area contributed by atoms with Crippen LogP contribution in [-0.4, -0.2) is 48.0 Å². The molecule has 5 heteroatoms. The molecule has 2 aliphatic rings. The topological polar surface area (TPSA) is 58.2 Å². The van der Waals surface area contributed by atoms with E-state index in [-0.39, 0.29) is 34.9 Å². The van der Waals surface area contributed by atoms with Gasteiger partial charge in [-0.05, 0) is 25.7 Å². The lowest BCUT2D eigenvalue weighted by Gasteiger charge is -1.93. The molecule has 0 aromatic carbocycles. The molecule has 0 aromatic heterocycles. The van der Waals surface area contributed by atoms with E-state index >= 15 is 0 Å². The van der Waals surface area contributed by atoms with Crippen LogP contribution in [0.5, 0.6) is 0 Å². The first kappa shape index (κ1) is 16.7. The van der Waals surface area contributed by atoms with E-state index in [1.807, 2.05) is 0 Å². The Bertz CT molecular complexity index is 191. The minimum absolute atomic E-state index is 0. The molecule has 4 nitrogen and oxygen atoms in total. The zero-order valence-electron chi connectivity index (χ0n) is 10.6. The summed E-state index contributed by atoms with van der Waals surface area (Å²) in [7, 11) is 0. The van der Waals surface area contributed by atoms with Crippen LogP contribution in [0.15, 0.2) is 0 Å². The van der Waals surface area contributed by atoms with Gasteiger partial charge in [0.25, 0.3) is 0 Å². The van der Waals surface area contributed by atoms with E-state index in [0.717, 1.165) is 51.6 Å². The SMILES string of the molecule is O=C1CCCCCN1.O=C1CCCCCN1.[Mg]. The molecule has 94 valence electrons. The van der Waals surface area contributed by atoms with E-state index in [0.29, 0.717) is 0 Å². The van der Waals surface area contributed by atoms with Gasteiger partial charge in [0.05, 0.1) is 0 Å². The van der Waals surface area contributed by atoms with Gasteiger partial charge in [-0.1, -0.05) is 12.8 Å². The lowest BCUT2D eigenvalue weighted by Crippen LogP contribution is -2.21. The van der Waals surface area contributed by atoms with Crippen LogP contribution in [0.25, 0.3) is 0 Å². The van der Waals surface area contributed by atoms with Gasteiger partial charge in [-0.3, -0.25) is 9.59 Å². The van der Waals surface area contributed by atoms with Gasteiger partial charge in [0.2, 0.25) is 11.8 Å². The first-order valence-corrected chi connectivity index (χ1v) is 6.32. The van der Waals surface area contributed by atoms with Crippen molar-refractivity contribution in [3.8, 4) is 0 Å². The molecule has 2 N–H and O–H groups in total.